The summed E-state index contributed by atoms with van der Waals surface area (Å²) in [4.78, 5) is 28.2. The lowest BCUT2D eigenvalue weighted by molar-refractivity contribution is -0.141. The molecule has 0 spiro atoms. The van der Waals surface area contributed by atoms with E-state index >= 15 is 0 Å². The first-order valence-corrected chi connectivity index (χ1v) is 8.77. The number of carbonyl (C=O) groups excluding carboxylic acids is 1. The third kappa shape index (κ3) is 5.56. The smallest absolute Gasteiger partial charge is 0.433 e. The van der Waals surface area contributed by atoms with Crippen LogP contribution in [0, 0.1) is 5.92 Å². The predicted octanol–water partition coefficient (Wildman–Crippen LogP) is 2.55. The van der Waals surface area contributed by atoms with Gasteiger partial charge in [-0.1, -0.05) is 0 Å². The van der Waals surface area contributed by atoms with Gasteiger partial charge in [-0.05, 0) is 43.7 Å². The van der Waals surface area contributed by atoms with E-state index in [2.05, 4.69) is 15.6 Å². The van der Waals surface area contributed by atoms with E-state index in [-0.39, 0.29) is 24.3 Å². The Morgan fingerprint density at radius 3 is 2.48 bits per heavy atom. The Bertz CT molecular complexity index is 686. The maximum atomic E-state index is 12.5. The molecule has 0 radical (unpaired) electrons. The van der Waals surface area contributed by atoms with Crippen LogP contribution < -0.4 is 10.6 Å². The summed E-state index contributed by atoms with van der Waals surface area (Å²) in [6.07, 6.45) is -0.000224. The fraction of sp³-hybridized carbons (Fsp3) is 0.588. The number of anilines is 1. The van der Waals surface area contributed by atoms with Crippen LogP contribution in [-0.4, -0.2) is 52.2 Å². The standard InChI is InChI=1S/C17H21F3N4O3/c18-17(19,20)14-4-3-11(7-21-14)22-16(27)23-12-5-13(6-12)24(9-15(25)26)8-10-1-2-10/h3-4,7,10,12-13H,1-2,5-6,8-9H2,(H,25,26)(H2,22,23,27). The number of carboxylic acid groups (broad SMARTS) is 1. The Morgan fingerprint density at radius 1 is 1.26 bits per heavy atom. The number of carboxylic acids is 1. The average Bonchev–Trinajstić information content (AvgIpc) is 3.33. The summed E-state index contributed by atoms with van der Waals surface area (Å²) in [6, 6.07) is 1.46. The number of hydrogen-bond acceptors (Lipinski definition) is 4. The average molecular weight is 386 g/mol. The summed E-state index contributed by atoms with van der Waals surface area (Å²) >= 11 is 0. The quantitative estimate of drug-likeness (QED) is 0.670. The molecule has 0 unspecified atom stereocenters. The van der Waals surface area contributed by atoms with Crippen molar-refractivity contribution < 1.29 is 27.9 Å². The van der Waals surface area contributed by atoms with Gasteiger partial charge in [-0.3, -0.25) is 9.69 Å². The summed E-state index contributed by atoms with van der Waals surface area (Å²) in [5.41, 5.74) is -0.859. The highest BCUT2D eigenvalue weighted by Gasteiger charge is 2.37. The molecule has 3 N–H and O–H groups in total. The Balaban J connectivity index is 1.43. The molecule has 7 nitrogen and oxygen atoms in total. The molecule has 148 valence electrons. The van der Waals surface area contributed by atoms with E-state index in [9.17, 15) is 22.8 Å². The van der Waals surface area contributed by atoms with Crippen LogP contribution in [0.2, 0.25) is 0 Å². The predicted molar refractivity (Wildman–Crippen MR) is 90.1 cm³/mol. The van der Waals surface area contributed by atoms with Gasteiger partial charge < -0.3 is 15.7 Å². The maximum Gasteiger partial charge on any atom is 0.433 e. The number of hydrogen-bond donors (Lipinski definition) is 3. The van der Waals surface area contributed by atoms with E-state index in [0.29, 0.717) is 18.8 Å². The normalized spacial score (nSPS) is 22.2. The van der Waals surface area contributed by atoms with E-state index in [0.717, 1.165) is 37.7 Å². The molecule has 1 aromatic heterocycles. The molecule has 2 aliphatic carbocycles. The maximum absolute atomic E-state index is 12.5. The molecule has 3 rings (SSSR count). The number of nitrogens with zero attached hydrogens (tertiary/aromatic N) is 2. The molecule has 1 heterocycles. The van der Waals surface area contributed by atoms with Crippen molar-refractivity contribution in [2.24, 2.45) is 5.92 Å². The van der Waals surface area contributed by atoms with Crippen LogP contribution >= 0.6 is 0 Å². The van der Waals surface area contributed by atoms with E-state index in [1.165, 1.54) is 0 Å². The Morgan fingerprint density at radius 2 is 1.96 bits per heavy atom. The molecular formula is C17H21F3N4O3. The van der Waals surface area contributed by atoms with Crippen molar-refractivity contribution in [1.29, 1.82) is 0 Å². The number of nitrogens with one attached hydrogen (secondary N) is 2. The van der Waals surface area contributed by atoms with Gasteiger partial charge in [0.25, 0.3) is 0 Å². The summed E-state index contributed by atoms with van der Waals surface area (Å²) in [5.74, 6) is -0.286. The van der Waals surface area contributed by atoms with Crippen molar-refractivity contribution in [2.45, 2.75) is 43.9 Å². The van der Waals surface area contributed by atoms with Crippen molar-refractivity contribution >= 4 is 17.7 Å². The van der Waals surface area contributed by atoms with Gasteiger partial charge >= 0.3 is 18.2 Å². The molecule has 27 heavy (non-hydrogen) atoms. The van der Waals surface area contributed by atoms with E-state index in [1.807, 2.05) is 4.90 Å². The molecule has 0 atom stereocenters. The Kier molecular flexibility index (Phi) is 5.54. The van der Waals surface area contributed by atoms with Gasteiger partial charge in [0.2, 0.25) is 0 Å². The van der Waals surface area contributed by atoms with Gasteiger partial charge in [0.1, 0.15) is 5.69 Å². The highest BCUT2D eigenvalue weighted by molar-refractivity contribution is 5.89. The fourth-order valence-corrected chi connectivity index (χ4v) is 3.14. The van der Waals surface area contributed by atoms with Gasteiger partial charge in [0, 0.05) is 18.6 Å². The van der Waals surface area contributed by atoms with Crippen LogP contribution in [0.15, 0.2) is 18.3 Å². The molecule has 1 aromatic rings. The first-order valence-electron chi connectivity index (χ1n) is 8.77. The number of aromatic nitrogens is 1. The SMILES string of the molecule is O=C(O)CN(CC1CC1)C1CC(NC(=O)Nc2ccc(C(F)(F)F)nc2)C1. The highest BCUT2D eigenvalue weighted by Crippen LogP contribution is 2.34. The molecule has 0 aromatic carbocycles. The van der Waals surface area contributed by atoms with Crippen molar-refractivity contribution in [3.8, 4) is 0 Å². The third-order valence-corrected chi connectivity index (χ3v) is 4.80. The first-order chi connectivity index (χ1) is 12.7. The second-order valence-corrected chi connectivity index (χ2v) is 7.12. The second kappa shape index (κ2) is 7.71. The van der Waals surface area contributed by atoms with Crippen LogP contribution in [-0.2, 0) is 11.0 Å². The molecule has 0 aliphatic heterocycles. The number of amides is 2. The molecule has 2 fully saturated rings. The number of aliphatic carboxylic acids is 1. The van der Waals surface area contributed by atoms with Gasteiger partial charge in [-0.15, -0.1) is 0 Å². The van der Waals surface area contributed by atoms with Crippen molar-refractivity contribution in [3.05, 3.63) is 24.0 Å². The lowest BCUT2D eigenvalue weighted by atomic mass is 9.85. The van der Waals surface area contributed by atoms with Crippen LogP contribution in [0.1, 0.15) is 31.4 Å². The van der Waals surface area contributed by atoms with E-state index in [1.54, 1.807) is 0 Å². The number of carbonyl (C=O) groups is 2. The zero-order chi connectivity index (χ0) is 19.6. The Labute approximate surface area is 153 Å². The number of halogens is 3. The van der Waals surface area contributed by atoms with Crippen LogP contribution in [0.3, 0.4) is 0 Å². The van der Waals surface area contributed by atoms with E-state index < -0.39 is 23.9 Å². The molecule has 10 heteroatoms. The third-order valence-electron chi connectivity index (χ3n) is 4.80. The number of alkyl halides is 3. The lowest BCUT2D eigenvalue weighted by Gasteiger charge is -2.42. The molecule has 2 saturated carbocycles. The molecule has 0 bridgehead atoms. The first kappa shape index (κ1) is 19.4. The minimum Gasteiger partial charge on any atom is -0.480 e. The zero-order valence-corrected chi connectivity index (χ0v) is 14.5. The van der Waals surface area contributed by atoms with Crippen molar-refractivity contribution in [2.75, 3.05) is 18.4 Å². The summed E-state index contributed by atoms with van der Waals surface area (Å²) < 4.78 is 37.4. The Hall–Kier alpha value is -2.36. The topological polar surface area (TPSA) is 94.6 Å². The van der Waals surface area contributed by atoms with Gasteiger partial charge in [0.15, 0.2) is 0 Å². The van der Waals surface area contributed by atoms with Gasteiger partial charge in [-0.2, -0.15) is 13.2 Å². The van der Waals surface area contributed by atoms with Crippen LogP contribution in [0.4, 0.5) is 23.7 Å². The summed E-state index contributed by atoms with van der Waals surface area (Å²) in [7, 11) is 0. The van der Waals surface area contributed by atoms with Gasteiger partial charge in [0.05, 0.1) is 18.4 Å². The fourth-order valence-electron chi connectivity index (χ4n) is 3.14. The van der Waals surface area contributed by atoms with Gasteiger partial charge in [-0.25, -0.2) is 9.78 Å². The summed E-state index contributed by atoms with van der Waals surface area (Å²) in [5, 5.41) is 14.2. The number of rotatable bonds is 7. The monoisotopic (exact) mass is 386 g/mol. The number of urea groups is 1. The molecule has 2 aliphatic rings. The zero-order valence-electron chi connectivity index (χ0n) is 14.5. The van der Waals surface area contributed by atoms with Crippen LogP contribution in [0.5, 0.6) is 0 Å². The molecule has 0 saturated heterocycles. The molecule has 2 amide bonds. The summed E-state index contributed by atoms with van der Waals surface area (Å²) in [6.45, 7) is 0.768. The van der Waals surface area contributed by atoms with Crippen molar-refractivity contribution in [1.82, 2.24) is 15.2 Å². The minimum atomic E-state index is -4.52. The highest BCUT2D eigenvalue weighted by atomic mass is 19.4. The second-order valence-electron chi connectivity index (χ2n) is 7.12. The minimum absolute atomic E-state index is 0.00267. The van der Waals surface area contributed by atoms with E-state index in [4.69, 9.17) is 5.11 Å². The lowest BCUT2D eigenvalue weighted by Crippen LogP contribution is -2.55. The molecular weight excluding hydrogens is 365 g/mol. The number of pyridine rings is 1. The van der Waals surface area contributed by atoms with Crippen LogP contribution in [0.25, 0.3) is 0 Å². The van der Waals surface area contributed by atoms with Crippen molar-refractivity contribution in [3.63, 3.8) is 0 Å². The largest absolute Gasteiger partial charge is 0.480 e.